The average molecular weight is 1890 g/mol. The Morgan fingerprint density at radius 2 is 0.476 bits per heavy atom. The smallest absolute Gasteiger partial charge is 0.423 e. The lowest BCUT2D eigenvalue weighted by Crippen LogP contribution is -2.29. The summed E-state index contributed by atoms with van der Waals surface area (Å²) in [7, 11) is -2.92. The summed E-state index contributed by atoms with van der Waals surface area (Å²) in [5, 5.41) is 56.3. The van der Waals surface area contributed by atoms with E-state index in [0.717, 1.165) is 101 Å². The Hall–Kier alpha value is -13.8. The summed E-state index contributed by atoms with van der Waals surface area (Å²) in [5.74, 6) is 0. The van der Waals surface area contributed by atoms with Crippen LogP contribution in [0.4, 0.5) is 0 Å². The van der Waals surface area contributed by atoms with Crippen LogP contribution in [0, 0.1) is 0 Å². The zero-order chi connectivity index (χ0) is 86.2. The molecule has 126 heavy (non-hydrogen) atoms. The second-order valence-corrected chi connectivity index (χ2v) is 33.2. The molecule has 4 N–H and O–H groups in total. The summed E-state index contributed by atoms with van der Waals surface area (Å²) >= 11 is 13.2. The first-order valence-electron chi connectivity index (χ1n) is 40.5. The summed E-state index contributed by atoms with van der Waals surface area (Å²) in [5.41, 5.74) is 18.7. The fourth-order valence-electron chi connectivity index (χ4n) is 15.6. The maximum absolute atomic E-state index is 10.1. The van der Waals surface area contributed by atoms with Gasteiger partial charge in [0.15, 0.2) is 0 Å². The molecule has 0 saturated carbocycles. The highest BCUT2D eigenvalue weighted by atomic mass is 79.9. The molecule has 0 aliphatic rings. The predicted molar refractivity (Wildman–Crippen MR) is 535 cm³/mol. The lowest BCUT2D eigenvalue weighted by Gasteiger charge is -2.19. The van der Waals surface area contributed by atoms with Crippen molar-refractivity contribution in [1.29, 1.82) is 0 Å². The van der Waals surface area contributed by atoms with E-state index >= 15 is 0 Å². The van der Waals surface area contributed by atoms with Gasteiger partial charge >= 0.3 is 14.2 Å². The highest BCUT2D eigenvalue weighted by Crippen LogP contribution is 2.48. The molecule has 0 amide bonds. The number of hydrogen-bond donors (Lipinski definition) is 4. The van der Waals surface area contributed by atoms with E-state index in [2.05, 4.69) is 347 Å². The minimum absolute atomic E-state index is 0.463. The molecule has 0 unspecified atom stereocenters. The minimum Gasteiger partial charge on any atom is -0.423 e. The molecule has 18 heteroatoms. The van der Waals surface area contributed by atoms with Crippen LogP contribution < -0.4 is 10.9 Å². The summed E-state index contributed by atoms with van der Waals surface area (Å²) in [4.78, 5) is 33.1. The number of halogens is 4. The van der Waals surface area contributed by atoms with Crippen LogP contribution in [-0.4, -0.2) is 74.2 Å². The standard InChI is InChI=1S/C44H28N2.C34H23BO2.2C10H7BrN2.C5H6BNO2.C5H3Br2N/c1-3-9-32-25-35(15-13-29(32)7-1)43-38-11-5-6-12-39(38)44(36-16-14-30-8-2-4-10-33(30)26-36)41-27-34(17-19-40(41)43)37-18-20-42(46-28-37)31-21-23-45-24-22-31;36-35(37)28-17-18-31-32(21-28)34(27-16-14-23-8-2-4-10-25(23)20-27)30-12-6-5-11-29(30)33(31)26-15-13-22-7-1-3-9-24(22)19-26;2*11-9-1-2-10(13-7-9)8-3-5-12-6-4-8;8-6(9)5-1-3-7-4-2-5;6-4-1-2-5(7)8-3-4/h1-28H;1-21,36-37H;2*1-7H;1-4,8-9H;1-3H. The van der Waals surface area contributed by atoms with Crippen LogP contribution in [-0.2, 0) is 0 Å². The van der Waals surface area contributed by atoms with Gasteiger partial charge in [0.2, 0.25) is 0 Å². The summed E-state index contributed by atoms with van der Waals surface area (Å²) in [6.45, 7) is 0. The maximum Gasteiger partial charge on any atom is 0.488 e. The lowest BCUT2D eigenvalue weighted by atomic mass is 9.77. The predicted octanol–water partition coefficient (Wildman–Crippen LogP) is 26.3. The van der Waals surface area contributed by atoms with Crippen LogP contribution in [0.1, 0.15) is 0 Å². The largest absolute Gasteiger partial charge is 0.488 e. The number of hydrogen-bond acceptors (Lipinski definition) is 12. The van der Waals surface area contributed by atoms with Gasteiger partial charge in [0.1, 0.15) is 4.60 Å². The van der Waals surface area contributed by atoms with Crippen LogP contribution in [0.2, 0.25) is 0 Å². The van der Waals surface area contributed by atoms with Crippen molar-refractivity contribution in [1.82, 2.24) is 39.9 Å². The van der Waals surface area contributed by atoms with Crippen LogP contribution in [0.5, 0.6) is 0 Å². The quantitative estimate of drug-likeness (QED) is 0.0578. The third-order valence-electron chi connectivity index (χ3n) is 21.7. The van der Waals surface area contributed by atoms with Crippen LogP contribution in [0.15, 0.2) is 444 Å². The van der Waals surface area contributed by atoms with Crippen molar-refractivity contribution < 1.29 is 20.1 Å². The van der Waals surface area contributed by atoms with Crippen LogP contribution >= 0.6 is 63.7 Å². The third-order valence-corrected chi connectivity index (χ3v) is 23.6. The molecule has 0 spiro atoms. The highest BCUT2D eigenvalue weighted by Gasteiger charge is 2.23. The molecular formula is C108H74B2Br4N8O4. The molecular weight excluding hydrogens is 1810 g/mol. The number of rotatable bonds is 10. The second kappa shape index (κ2) is 39.8. The number of fused-ring (bicyclic) bond motifs is 8. The highest BCUT2D eigenvalue weighted by molar-refractivity contribution is 9.11. The van der Waals surface area contributed by atoms with Crippen molar-refractivity contribution in [2.75, 3.05) is 0 Å². The van der Waals surface area contributed by atoms with E-state index in [4.69, 9.17) is 15.0 Å². The zero-order valence-electron chi connectivity index (χ0n) is 67.4. The van der Waals surface area contributed by atoms with E-state index in [0.29, 0.717) is 10.9 Å². The Bertz CT molecular complexity index is 7480. The Labute approximate surface area is 762 Å². The zero-order valence-corrected chi connectivity index (χ0v) is 73.8. The second-order valence-electron chi connectivity index (χ2n) is 29.6. The molecule has 0 aliphatic heterocycles. The van der Waals surface area contributed by atoms with Gasteiger partial charge in [0.25, 0.3) is 0 Å². The maximum atomic E-state index is 10.1. The van der Waals surface area contributed by atoms with Gasteiger partial charge < -0.3 is 20.1 Å². The first-order chi connectivity index (χ1) is 61.8. The Morgan fingerprint density at radius 1 is 0.190 bits per heavy atom. The third kappa shape index (κ3) is 19.7. The molecule has 8 heterocycles. The number of pyridine rings is 8. The normalized spacial score (nSPS) is 10.9. The van der Waals surface area contributed by atoms with Crippen molar-refractivity contribution in [3.63, 3.8) is 0 Å². The summed E-state index contributed by atoms with van der Waals surface area (Å²) in [6.07, 6.45) is 21.0. The molecule has 22 aromatic rings. The monoisotopic (exact) mass is 1880 g/mol. The first kappa shape index (κ1) is 84.5. The van der Waals surface area contributed by atoms with Gasteiger partial charge in [0.05, 0.1) is 17.1 Å². The van der Waals surface area contributed by atoms with E-state index in [-0.39, 0.29) is 0 Å². The fraction of sp³-hybridized carbons (Fsp3) is 0. The average Bonchev–Trinajstić information content (AvgIpc) is 0.731. The molecule has 0 atom stereocenters. The minimum atomic E-state index is -1.54. The Morgan fingerprint density at radius 3 is 0.794 bits per heavy atom. The van der Waals surface area contributed by atoms with E-state index < -0.39 is 14.2 Å². The molecule has 0 fully saturated rings. The van der Waals surface area contributed by atoms with Gasteiger partial charge in [-0.3, -0.25) is 34.9 Å². The van der Waals surface area contributed by atoms with E-state index in [9.17, 15) is 10.0 Å². The molecule has 604 valence electrons. The van der Waals surface area contributed by atoms with Gasteiger partial charge in [0, 0.05) is 110 Å². The SMILES string of the molecule is Brc1ccc(-c2ccncc2)nc1.Brc1ccc(-c2ccncc2)nc1.Brc1ccc(Br)nc1.OB(O)c1ccc2c(-c3ccc4ccccc4c3)c3ccccc3c(-c3ccc4ccccc4c3)c2c1.OB(O)c1ccncc1.c1ccc2cc(-c3c4ccccc4c(-c4ccc5ccccc5c4)c4cc(-c5ccc(-c6ccncc6)nc5)ccc34)ccc2c1. The number of aromatic nitrogens is 8. The summed E-state index contributed by atoms with van der Waals surface area (Å²) < 4.78 is 3.84. The van der Waals surface area contributed by atoms with Gasteiger partial charge in [-0.25, -0.2) is 4.98 Å². The Kier molecular flexibility index (Phi) is 26.7. The van der Waals surface area contributed by atoms with Crippen LogP contribution in [0.25, 0.3) is 176 Å². The molecule has 0 aliphatic carbocycles. The lowest BCUT2D eigenvalue weighted by molar-refractivity contribution is 0.424. The topological polar surface area (TPSA) is 184 Å². The molecule has 0 bridgehead atoms. The molecule has 22 rings (SSSR count). The van der Waals surface area contributed by atoms with E-state index in [1.54, 1.807) is 67.9 Å². The van der Waals surface area contributed by atoms with Gasteiger partial charge in [-0.2, -0.15) is 0 Å². The van der Waals surface area contributed by atoms with E-state index in [1.807, 2.05) is 97.2 Å². The van der Waals surface area contributed by atoms with Gasteiger partial charge in [-0.1, -0.05) is 231 Å². The van der Waals surface area contributed by atoms with Crippen molar-refractivity contribution in [2.45, 2.75) is 0 Å². The van der Waals surface area contributed by atoms with E-state index in [1.165, 1.54) is 105 Å². The van der Waals surface area contributed by atoms with Crippen molar-refractivity contribution in [3.8, 4) is 89.4 Å². The first-order valence-corrected chi connectivity index (χ1v) is 43.7. The summed E-state index contributed by atoms with van der Waals surface area (Å²) in [6, 6.07) is 122. The number of nitrogens with zero attached hydrogens (tertiary/aromatic N) is 8. The van der Waals surface area contributed by atoms with Crippen molar-refractivity contribution in [3.05, 3.63) is 444 Å². The van der Waals surface area contributed by atoms with Crippen LogP contribution in [0.3, 0.4) is 0 Å². The molecule has 0 radical (unpaired) electrons. The molecule has 0 saturated heterocycles. The van der Waals surface area contributed by atoms with Gasteiger partial charge in [-0.05, 0) is 332 Å². The molecule has 12 nitrogen and oxygen atoms in total. The van der Waals surface area contributed by atoms with Crippen molar-refractivity contribution >= 4 is 175 Å². The molecule has 14 aromatic carbocycles. The Balaban J connectivity index is 0.000000122. The van der Waals surface area contributed by atoms with Gasteiger partial charge in [-0.15, -0.1) is 0 Å². The number of benzene rings is 14. The van der Waals surface area contributed by atoms with Crippen molar-refractivity contribution in [2.24, 2.45) is 0 Å². The fourth-order valence-corrected chi connectivity index (χ4v) is 16.6. The molecule has 8 aromatic heterocycles.